The van der Waals surface area contributed by atoms with Gasteiger partial charge in [0.25, 0.3) is 0 Å². The van der Waals surface area contributed by atoms with Gasteiger partial charge in [-0.05, 0) is 129 Å². The van der Waals surface area contributed by atoms with Gasteiger partial charge in [0.05, 0.1) is 25.6 Å². The Morgan fingerprint density at radius 3 is 1.62 bits per heavy atom. The van der Waals surface area contributed by atoms with E-state index in [4.69, 9.17) is 14.5 Å². The number of ether oxygens (including phenoxy) is 2. The molecule has 0 aliphatic carbocycles. The minimum absolute atomic E-state index is 0.824. The van der Waals surface area contributed by atoms with Crippen LogP contribution in [0.4, 0.5) is 17.1 Å². The summed E-state index contributed by atoms with van der Waals surface area (Å²) in [5.41, 5.74) is 15.2. The minimum atomic E-state index is 0.824. The van der Waals surface area contributed by atoms with Crippen molar-refractivity contribution >= 4 is 28.3 Å². The van der Waals surface area contributed by atoms with Crippen molar-refractivity contribution in [3.8, 4) is 11.5 Å². The molecule has 1 aliphatic heterocycles. The van der Waals surface area contributed by atoms with Gasteiger partial charge in [0, 0.05) is 34.0 Å². The first-order valence-corrected chi connectivity index (χ1v) is 14.7. The summed E-state index contributed by atoms with van der Waals surface area (Å²) >= 11 is 0. The van der Waals surface area contributed by atoms with Crippen molar-refractivity contribution in [1.29, 1.82) is 0 Å². The number of nitrogens with zero attached hydrogens (tertiary/aromatic N) is 2. The Morgan fingerprint density at radius 1 is 0.714 bits per heavy atom. The van der Waals surface area contributed by atoms with Gasteiger partial charge in [-0.25, -0.2) is 0 Å². The molecule has 0 radical (unpaired) electrons. The molecule has 4 aromatic rings. The van der Waals surface area contributed by atoms with E-state index in [0.717, 1.165) is 69.6 Å². The zero-order valence-corrected chi connectivity index (χ0v) is 26.1. The third-order valence-corrected chi connectivity index (χ3v) is 8.39. The molecule has 1 aromatic heterocycles. The number of methoxy groups -OCH3 is 2. The number of allylic oxidation sites excluding steroid dienone is 2. The highest BCUT2D eigenvalue weighted by Gasteiger charge is 2.25. The standard InChI is InChI=1S/C37H41N3O2/c1-9-33-23(3)36(38-25(33)5)35(37-24(4)34(10-2)26(6)39-37)27-11-13-28(14-12-27)40(29-15-19-31(41-7)20-16-29)30-17-21-32(42-8)22-18-30/h11-22,38H,9-10H2,1-8H3/b37-35-. The van der Waals surface area contributed by atoms with Crippen LogP contribution in [0, 0.1) is 13.8 Å². The van der Waals surface area contributed by atoms with Crippen LogP contribution in [0.15, 0.2) is 94.6 Å². The molecule has 5 rings (SSSR count). The summed E-state index contributed by atoms with van der Waals surface area (Å²) < 4.78 is 10.9. The van der Waals surface area contributed by atoms with Crippen LogP contribution in [0.25, 0.3) is 5.57 Å². The quantitative estimate of drug-likeness (QED) is 0.222. The SMILES string of the molecule is CCC1=C(C)/C(=C(\c2ccc(N(c3ccc(OC)cc3)c3ccc(OC)cc3)cc2)c2[nH]c(C)c(CC)c2C)N=C1C. The van der Waals surface area contributed by atoms with Crippen molar-refractivity contribution in [1.82, 2.24) is 4.98 Å². The van der Waals surface area contributed by atoms with E-state index in [1.807, 2.05) is 24.3 Å². The molecule has 0 amide bonds. The monoisotopic (exact) mass is 559 g/mol. The topological polar surface area (TPSA) is 49.9 Å². The van der Waals surface area contributed by atoms with Gasteiger partial charge in [0.15, 0.2) is 0 Å². The van der Waals surface area contributed by atoms with Crippen molar-refractivity contribution in [2.45, 2.75) is 54.4 Å². The molecule has 3 aromatic carbocycles. The Labute approximate surface area is 250 Å². The second kappa shape index (κ2) is 12.2. The van der Waals surface area contributed by atoms with Gasteiger partial charge in [0.1, 0.15) is 11.5 Å². The molecule has 0 saturated heterocycles. The highest BCUT2D eigenvalue weighted by atomic mass is 16.5. The number of anilines is 3. The summed E-state index contributed by atoms with van der Waals surface area (Å²) in [4.78, 5) is 11.1. The maximum absolute atomic E-state index is 5.43. The van der Waals surface area contributed by atoms with Crippen LogP contribution >= 0.6 is 0 Å². The van der Waals surface area contributed by atoms with E-state index in [1.165, 1.54) is 28.0 Å². The predicted molar refractivity (Wildman–Crippen MR) is 176 cm³/mol. The van der Waals surface area contributed by atoms with E-state index in [-0.39, 0.29) is 0 Å². The Hall–Kier alpha value is -4.51. The molecule has 0 bridgehead atoms. The number of hydrogen-bond donors (Lipinski definition) is 1. The van der Waals surface area contributed by atoms with Crippen LogP contribution in [0.5, 0.6) is 11.5 Å². The molecule has 216 valence electrons. The van der Waals surface area contributed by atoms with Crippen molar-refractivity contribution in [3.63, 3.8) is 0 Å². The second-order valence-corrected chi connectivity index (χ2v) is 10.7. The molecule has 2 heterocycles. The fraction of sp³-hybridized carbons (Fsp3) is 0.270. The first-order valence-electron chi connectivity index (χ1n) is 14.7. The third kappa shape index (κ3) is 5.27. The fourth-order valence-electron chi connectivity index (χ4n) is 6.15. The lowest BCUT2D eigenvalue weighted by atomic mass is 9.93. The van der Waals surface area contributed by atoms with E-state index < -0.39 is 0 Å². The summed E-state index contributed by atoms with van der Waals surface area (Å²) in [5.74, 6) is 1.65. The van der Waals surface area contributed by atoms with Crippen LogP contribution < -0.4 is 14.4 Å². The lowest BCUT2D eigenvalue weighted by Gasteiger charge is -2.26. The van der Waals surface area contributed by atoms with Gasteiger partial charge < -0.3 is 19.4 Å². The number of aryl methyl sites for hydroxylation is 1. The number of benzene rings is 3. The molecule has 1 N–H and O–H groups in total. The normalized spacial score (nSPS) is 14.2. The number of hydrogen-bond acceptors (Lipinski definition) is 4. The van der Waals surface area contributed by atoms with E-state index >= 15 is 0 Å². The Bertz CT molecular complexity index is 1620. The molecule has 0 fully saturated rings. The molecular formula is C37H41N3O2. The number of H-pyrrole nitrogens is 1. The van der Waals surface area contributed by atoms with Gasteiger partial charge in [-0.1, -0.05) is 26.0 Å². The number of aromatic nitrogens is 1. The van der Waals surface area contributed by atoms with E-state index in [2.05, 4.69) is 100.0 Å². The zero-order chi connectivity index (χ0) is 30.0. The molecule has 1 aliphatic rings. The Kier molecular flexibility index (Phi) is 8.39. The lowest BCUT2D eigenvalue weighted by Crippen LogP contribution is -2.10. The van der Waals surface area contributed by atoms with Gasteiger partial charge in [0.2, 0.25) is 0 Å². The summed E-state index contributed by atoms with van der Waals surface area (Å²) in [6.07, 6.45) is 1.96. The van der Waals surface area contributed by atoms with Crippen molar-refractivity contribution in [2.24, 2.45) is 4.99 Å². The van der Waals surface area contributed by atoms with E-state index in [1.54, 1.807) is 14.2 Å². The van der Waals surface area contributed by atoms with Gasteiger partial charge in [-0.3, -0.25) is 4.99 Å². The fourth-order valence-corrected chi connectivity index (χ4v) is 6.15. The van der Waals surface area contributed by atoms with Gasteiger partial charge in [-0.2, -0.15) is 0 Å². The number of nitrogens with one attached hydrogen (secondary N) is 1. The van der Waals surface area contributed by atoms with E-state index in [9.17, 15) is 0 Å². The summed E-state index contributed by atoms with van der Waals surface area (Å²) in [6.45, 7) is 13.2. The maximum Gasteiger partial charge on any atom is 0.119 e. The van der Waals surface area contributed by atoms with Crippen LogP contribution in [0.2, 0.25) is 0 Å². The van der Waals surface area contributed by atoms with Crippen molar-refractivity contribution < 1.29 is 9.47 Å². The molecule has 0 saturated carbocycles. The maximum atomic E-state index is 5.43. The average Bonchev–Trinajstić information content (AvgIpc) is 3.46. The molecule has 5 heteroatoms. The summed E-state index contributed by atoms with van der Waals surface area (Å²) in [5, 5.41) is 0. The van der Waals surface area contributed by atoms with Crippen LogP contribution in [-0.4, -0.2) is 24.9 Å². The molecular weight excluding hydrogens is 518 g/mol. The lowest BCUT2D eigenvalue weighted by molar-refractivity contribution is 0.415. The van der Waals surface area contributed by atoms with Gasteiger partial charge >= 0.3 is 0 Å². The number of aromatic amines is 1. The molecule has 0 unspecified atom stereocenters. The first kappa shape index (κ1) is 29.0. The van der Waals surface area contributed by atoms with Crippen LogP contribution in [0.1, 0.15) is 62.2 Å². The minimum Gasteiger partial charge on any atom is -0.497 e. The van der Waals surface area contributed by atoms with Crippen molar-refractivity contribution in [3.05, 3.63) is 118 Å². The zero-order valence-electron chi connectivity index (χ0n) is 26.1. The molecule has 5 nitrogen and oxygen atoms in total. The van der Waals surface area contributed by atoms with E-state index in [0.29, 0.717) is 0 Å². The Balaban J connectivity index is 1.66. The van der Waals surface area contributed by atoms with Crippen LogP contribution in [0.3, 0.4) is 0 Å². The molecule has 0 atom stereocenters. The number of aliphatic imine (C=N–C) groups is 1. The largest absolute Gasteiger partial charge is 0.497 e. The Morgan fingerprint density at radius 2 is 1.21 bits per heavy atom. The second-order valence-electron chi connectivity index (χ2n) is 10.7. The highest BCUT2D eigenvalue weighted by molar-refractivity contribution is 6.05. The smallest absolute Gasteiger partial charge is 0.119 e. The molecule has 0 spiro atoms. The number of rotatable bonds is 9. The highest BCUT2D eigenvalue weighted by Crippen LogP contribution is 2.41. The van der Waals surface area contributed by atoms with Crippen molar-refractivity contribution in [2.75, 3.05) is 19.1 Å². The van der Waals surface area contributed by atoms with Gasteiger partial charge in [-0.15, -0.1) is 0 Å². The van der Waals surface area contributed by atoms with Crippen LogP contribution in [-0.2, 0) is 6.42 Å². The summed E-state index contributed by atoms with van der Waals surface area (Å²) in [7, 11) is 3.38. The molecule has 42 heavy (non-hydrogen) atoms. The summed E-state index contributed by atoms with van der Waals surface area (Å²) in [6, 6.07) is 25.1. The average molecular weight is 560 g/mol. The predicted octanol–water partition coefficient (Wildman–Crippen LogP) is 9.64. The third-order valence-electron chi connectivity index (χ3n) is 8.39. The first-order chi connectivity index (χ1) is 20.3.